The molecule has 19 heavy (non-hydrogen) atoms. The lowest BCUT2D eigenvalue weighted by atomic mass is 10.1. The highest BCUT2D eigenvalue weighted by atomic mass is 32.2. The average Bonchev–Trinajstić information content (AvgIpc) is 2.45. The number of aromatic nitrogens is 2. The molecule has 98 valence electrons. The first-order valence-corrected chi connectivity index (χ1v) is 6.55. The lowest BCUT2D eigenvalue weighted by Gasteiger charge is -2.08. The van der Waals surface area contributed by atoms with Gasteiger partial charge in [0.2, 0.25) is 0 Å². The zero-order valence-corrected chi connectivity index (χ0v) is 11.1. The van der Waals surface area contributed by atoms with E-state index in [9.17, 15) is 10.1 Å². The fraction of sp³-hybridized carbons (Fsp3) is 0.167. The molecule has 1 N–H and O–H groups in total. The molecule has 0 saturated heterocycles. The molecule has 0 atom stereocenters. The van der Waals surface area contributed by atoms with E-state index in [0.717, 1.165) is 5.56 Å². The van der Waals surface area contributed by atoms with Crippen LogP contribution in [0.15, 0.2) is 41.8 Å². The number of benzene rings is 1. The van der Waals surface area contributed by atoms with E-state index in [4.69, 9.17) is 0 Å². The molecule has 0 aliphatic carbocycles. The van der Waals surface area contributed by atoms with Crippen LogP contribution in [-0.4, -0.2) is 21.9 Å². The van der Waals surface area contributed by atoms with Crippen molar-refractivity contribution in [1.29, 1.82) is 0 Å². The number of hydrogen-bond acceptors (Lipinski definition) is 6. The van der Waals surface area contributed by atoms with Crippen molar-refractivity contribution in [2.75, 3.05) is 12.4 Å². The van der Waals surface area contributed by atoms with Crippen LogP contribution in [-0.2, 0) is 5.75 Å². The Kier molecular flexibility index (Phi) is 4.30. The fourth-order valence-electron chi connectivity index (χ4n) is 1.65. The number of nitro benzene ring substituents is 1. The molecule has 0 fully saturated rings. The van der Waals surface area contributed by atoms with Gasteiger partial charge in [0.1, 0.15) is 5.69 Å². The minimum absolute atomic E-state index is 0.0783. The van der Waals surface area contributed by atoms with Crippen LogP contribution in [0.1, 0.15) is 5.56 Å². The molecular formula is C12H12N4O2S. The average molecular weight is 276 g/mol. The first-order chi connectivity index (χ1) is 9.22. The Balaban J connectivity index is 2.21. The molecule has 0 radical (unpaired) electrons. The molecular weight excluding hydrogens is 264 g/mol. The van der Waals surface area contributed by atoms with Crippen LogP contribution in [0.5, 0.6) is 0 Å². The standard InChI is InChI=1S/C12H12N4O2S/c1-13-11-9(4-2-5-10(11)16(17)18)8-19-12-14-6-3-7-15-12/h2-7,13H,8H2,1H3. The van der Waals surface area contributed by atoms with Gasteiger partial charge in [-0.05, 0) is 11.6 Å². The van der Waals surface area contributed by atoms with Gasteiger partial charge < -0.3 is 5.32 Å². The summed E-state index contributed by atoms with van der Waals surface area (Å²) in [7, 11) is 1.68. The number of nitrogens with zero attached hydrogens (tertiary/aromatic N) is 3. The van der Waals surface area contributed by atoms with E-state index in [0.29, 0.717) is 16.6 Å². The van der Waals surface area contributed by atoms with Crippen molar-refractivity contribution in [3.63, 3.8) is 0 Å². The second-order valence-electron chi connectivity index (χ2n) is 3.64. The van der Waals surface area contributed by atoms with Gasteiger partial charge in [-0.25, -0.2) is 9.97 Å². The Morgan fingerprint density at radius 1 is 1.32 bits per heavy atom. The Labute approximate surface area is 114 Å². The molecule has 0 aliphatic rings. The first-order valence-electron chi connectivity index (χ1n) is 5.56. The van der Waals surface area contributed by atoms with Crippen molar-refractivity contribution in [2.24, 2.45) is 0 Å². The van der Waals surface area contributed by atoms with E-state index in [2.05, 4.69) is 15.3 Å². The molecule has 0 aliphatic heterocycles. The highest BCUT2D eigenvalue weighted by molar-refractivity contribution is 7.98. The predicted octanol–water partition coefficient (Wildman–Crippen LogP) is 2.72. The van der Waals surface area contributed by atoms with Crippen molar-refractivity contribution >= 4 is 23.1 Å². The third-order valence-corrected chi connectivity index (χ3v) is 3.40. The van der Waals surface area contributed by atoms with Crippen LogP contribution >= 0.6 is 11.8 Å². The number of thioether (sulfide) groups is 1. The molecule has 2 rings (SSSR count). The van der Waals surface area contributed by atoms with Gasteiger partial charge in [0, 0.05) is 31.3 Å². The second-order valence-corrected chi connectivity index (χ2v) is 4.58. The Bertz CT molecular complexity index is 577. The molecule has 7 heteroatoms. The number of para-hydroxylation sites is 1. The third-order valence-electron chi connectivity index (χ3n) is 2.47. The van der Waals surface area contributed by atoms with Crippen molar-refractivity contribution in [2.45, 2.75) is 10.9 Å². The number of hydrogen-bond donors (Lipinski definition) is 1. The van der Waals surface area contributed by atoms with Gasteiger partial charge >= 0.3 is 0 Å². The summed E-state index contributed by atoms with van der Waals surface area (Å²) in [4.78, 5) is 18.8. The van der Waals surface area contributed by atoms with E-state index >= 15 is 0 Å². The van der Waals surface area contributed by atoms with E-state index in [1.165, 1.54) is 17.8 Å². The van der Waals surface area contributed by atoms with Crippen molar-refractivity contribution < 1.29 is 4.92 Å². The molecule has 0 amide bonds. The third kappa shape index (κ3) is 3.19. The van der Waals surface area contributed by atoms with Crippen molar-refractivity contribution in [3.8, 4) is 0 Å². The van der Waals surface area contributed by atoms with Gasteiger partial charge in [0.05, 0.1) is 4.92 Å². The van der Waals surface area contributed by atoms with Crippen molar-refractivity contribution in [3.05, 3.63) is 52.3 Å². The van der Waals surface area contributed by atoms with Crippen LogP contribution in [0.3, 0.4) is 0 Å². The van der Waals surface area contributed by atoms with Crippen LogP contribution in [0.2, 0.25) is 0 Å². The lowest BCUT2D eigenvalue weighted by Crippen LogP contribution is -2.00. The zero-order chi connectivity index (χ0) is 13.7. The van der Waals surface area contributed by atoms with Crippen molar-refractivity contribution in [1.82, 2.24) is 9.97 Å². The predicted molar refractivity (Wildman–Crippen MR) is 74.2 cm³/mol. The maximum Gasteiger partial charge on any atom is 0.292 e. The molecule has 1 aromatic carbocycles. The molecule has 6 nitrogen and oxygen atoms in total. The SMILES string of the molecule is CNc1c(CSc2ncccn2)cccc1[N+](=O)[O-]. The first kappa shape index (κ1) is 13.3. The van der Waals surface area contributed by atoms with Gasteiger partial charge in [-0.3, -0.25) is 10.1 Å². The largest absolute Gasteiger partial charge is 0.382 e. The summed E-state index contributed by atoms with van der Waals surface area (Å²) in [5.74, 6) is 0.571. The molecule has 0 unspecified atom stereocenters. The fourth-order valence-corrected chi connectivity index (χ4v) is 2.45. The summed E-state index contributed by atoms with van der Waals surface area (Å²) in [6.07, 6.45) is 3.34. The lowest BCUT2D eigenvalue weighted by molar-refractivity contribution is -0.384. The zero-order valence-electron chi connectivity index (χ0n) is 10.2. The molecule has 0 saturated carbocycles. The Morgan fingerprint density at radius 3 is 2.68 bits per heavy atom. The van der Waals surface area contributed by atoms with E-state index in [-0.39, 0.29) is 10.6 Å². The minimum atomic E-state index is -0.390. The van der Waals surface area contributed by atoms with E-state index < -0.39 is 0 Å². The van der Waals surface area contributed by atoms with Gasteiger partial charge in [-0.15, -0.1) is 0 Å². The van der Waals surface area contributed by atoms with E-state index in [1.54, 1.807) is 31.6 Å². The summed E-state index contributed by atoms with van der Waals surface area (Å²) < 4.78 is 0. The summed E-state index contributed by atoms with van der Waals surface area (Å²) >= 11 is 1.44. The molecule has 1 heterocycles. The van der Waals surface area contributed by atoms with Crippen LogP contribution < -0.4 is 5.32 Å². The maximum absolute atomic E-state index is 10.9. The minimum Gasteiger partial charge on any atom is -0.382 e. The summed E-state index contributed by atoms with van der Waals surface area (Å²) in [5, 5.41) is 14.5. The van der Waals surface area contributed by atoms with Crippen LogP contribution in [0.4, 0.5) is 11.4 Å². The molecule has 2 aromatic rings. The normalized spacial score (nSPS) is 10.2. The van der Waals surface area contributed by atoms with Crippen LogP contribution in [0.25, 0.3) is 0 Å². The molecule has 1 aromatic heterocycles. The van der Waals surface area contributed by atoms with E-state index in [1.807, 2.05) is 6.07 Å². The summed E-state index contributed by atoms with van der Waals surface area (Å²) in [6.45, 7) is 0. The maximum atomic E-state index is 10.9. The number of rotatable bonds is 5. The number of nitro groups is 1. The molecule has 0 spiro atoms. The smallest absolute Gasteiger partial charge is 0.292 e. The number of anilines is 1. The highest BCUT2D eigenvalue weighted by Gasteiger charge is 2.16. The highest BCUT2D eigenvalue weighted by Crippen LogP contribution is 2.31. The Morgan fingerprint density at radius 2 is 2.05 bits per heavy atom. The second kappa shape index (κ2) is 6.14. The molecule has 0 bridgehead atoms. The monoisotopic (exact) mass is 276 g/mol. The topological polar surface area (TPSA) is 81.0 Å². The Hall–Kier alpha value is -2.15. The van der Waals surface area contributed by atoms with Gasteiger partial charge in [-0.2, -0.15) is 0 Å². The number of nitrogens with one attached hydrogen (secondary N) is 1. The van der Waals surface area contributed by atoms with Crippen LogP contribution in [0, 0.1) is 10.1 Å². The summed E-state index contributed by atoms with van der Waals surface area (Å²) in [5.41, 5.74) is 1.47. The summed E-state index contributed by atoms with van der Waals surface area (Å²) in [6, 6.07) is 6.77. The van der Waals surface area contributed by atoms with Gasteiger partial charge in [0.15, 0.2) is 5.16 Å². The van der Waals surface area contributed by atoms with Gasteiger partial charge in [-0.1, -0.05) is 23.9 Å². The van der Waals surface area contributed by atoms with Gasteiger partial charge in [0.25, 0.3) is 5.69 Å². The quantitative estimate of drug-likeness (QED) is 0.391.